The lowest BCUT2D eigenvalue weighted by molar-refractivity contribution is -0.137. The maximum absolute atomic E-state index is 14.8. The number of hydrogen-bond acceptors (Lipinski definition) is 5. The fraction of sp³-hybridized carbons (Fsp3) is 0.609. The second kappa shape index (κ2) is 15.3. The molecular weight excluding hydrogens is 508 g/mol. The van der Waals surface area contributed by atoms with Crippen molar-refractivity contribution in [2.24, 2.45) is 0 Å². The maximum Gasteiger partial charge on any atom is 0.303 e. The molecule has 0 aliphatic heterocycles. The SMILES string of the molecule is CCOC(C)CC(=S)NC(CCC(=O)O)C(NC(=S)CC(C)OCC)c1c(F)c(F)cc(F)c1F. The Morgan fingerprint density at radius 3 is 1.83 bits per heavy atom. The molecule has 0 heterocycles. The molecule has 0 aromatic heterocycles. The summed E-state index contributed by atoms with van der Waals surface area (Å²) in [6, 6.07) is -2.46. The highest BCUT2D eigenvalue weighted by Crippen LogP contribution is 2.30. The van der Waals surface area contributed by atoms with Crippen LogP contribution in [0.2, 0.25) is 0 Å². The Labute approximate surface area is 213 Å². The van der Waals surface area contributed by atoms with Gasteiger partial charge in [-0.3, -0.25) is 4.79 Å². The van der Waals surface area contributed by atoms with E-state index < -0.39 is 53.3 Å². The summed E-state index contributed by atoms with van der Waals surface area (Å²) in [5.41, 5.74) is -0.947. The smallest absolute Gasteiger partial charge is 0.303 e. The topological polar surface area (TPSA) is 79.8 Å². The second-order valence-corrected chi connectivity index (χ2v) is 8.96. The number of hydrogen-bond donors (Lipinski definition) is 3. The molecule has 1 rings (SSSR count). The van der Waals surface area contributed by atoms with Gasteiger partial charge < -0.3 is 25.2 Å². The van der Waals surface area contributed by atoms with Crippen LogP contribution in [0, 0.1) is 23.3 Å². The van der Waals surface area contributed by atoms with Gasteiger partial charge in [-0.2, -0.15) is 0 Å². The van der Waals surface area contributed by atoms with Gasteiger partial charge in [0.1, 0.15) is 0 Å². The highest BCUT2D eigenvalue weighted by atomic mass is 32.1. The van der Waals surface area contributed by atoms with E-state index in [1.165, 1.54) is 0 Å². The van der Waals surface area contributed by atoms with Crippen LogP contribution >= 0.6 is 24.4 Å². The van der Waals surface area contributed by atoms with Gasteiger partial charge in [-0.05, 0) is 34.1 Å². The molecule has 4 atom stereocenters. The van der Waals surface area contributed by atoms with Gasteiger partial charge in [0.25, 0.3) is 0 Å². The van der Waals surface area contributed by atoms with Crippen LogP contribution in [0.15, 0.2) is 6.07 Å². The maximum atomic E-state index is 14.8. The normalized spacial score (nSPS) is 14.6. The highest BCUT2D eigenvalue weighted by molar-refractivity contribution is 7.80. The molecule has 0 fully saturated rings. The fourth-order valence-electron chi connectivity index (χ4n) is 3.55. The third-order valence-electron chi connectivity index (χ3n) is 5.04. The third-order valence-corrected chi connectivity index (χ3v) is 5.61. The lowest BCUT2D eigenvalue weighted by Gasteiger charge is -2.32. The van der Waals surface area contributed by atoms with Crippen LogP contribution in [0.25, 0.3) is 0 Å². The number of halogens is 4. The molecule has 0 bridgehead atoms. The van der Waals surface area contributed by atoms with E-state index in [1.54, 1.807) is 27.7 Å². The molecule has 6 nitrogen and oxygen atoms in total. The van der Waals surface area contributed by atoms with Gasteiger partial charge in [-0.1, -0.05) is 24.4 Å². The second-order valence-electron chi connectivity index (χ2n) is 7.97. The number of carboxylic acid groups (broad SMARTS) is 1. The summed E-state index contributed by atoms with van der Waals surface area (Å²) < 4.78 is 68.8. The zero-order valence-electron chi connectivity index (χ0n) is 20.1. The molecule has 3 N–H and O–H groups in total. The number of rotatable bonds is 15. The Hall–Kier alpha value is -1.89. The molecule has 1 aromatic carbocycles. The molecule has 0 spiro atoms. The van der Waals surface area contributed by atoms with Crippen molar-refractivity contribution in [2.75, 3.05) is 13.2 Å². The van der Waals surface area contributed by atoms with Crippen molar-refractivity contribution in [3.8, 4) is 0 Å². The third kappa shape index (κ3) is 10.3. The molecule has 0 aliphatic rings. The minimum atomic E-state index is -1.61. The van der Waals surface area contributed by atoms with E-state index in [9.17, 15) is 27.5 Å². The molecule has 0 saturated carbocycles. The summed E-state index contributed by atoms with van der Waals surface area (Å²) in [5, 5.41) is 14.9. The van der Waals surface area contributed by atoms with Gasteiger partial charge in [-0.25, -0.2) is 17.6 Å². The minimum absolute atomic E-state index is 0.106. The summed E-state index contributed by atoms with van der Waals surface area (Å²) in [6.07, 6.45) is -0.858. The van der Waals surface area contributed by atoms with Crippen LogP contribution in [0.1, 0.15) is 65.0 Å². The number of carbonyl (C=O) groups is 1. The average molecular weight is 541 g/mol. The van der Waals surface area contributed by atoms with Crippen LogP contribution in [-0.2, 0) is 14.3 Å². The summed E-state index contributed by atoms with van der Waals surface area (Å²) in [5.74, 6) is -7.59. The predicted molar refractivity (Wildman–Crippen MR) is 133 cm³/mol. The highest BCUT2D eigenvalue weighted by Gasteiger charge is 2.33. The Bertz CT molecular complexity index is 865. The number of benzene rings is 1. The van der Waals surface area contributed by atoms with Gasteiger partial charge in [0, 0.05) is 38.5 Å². The van der Waals surface area contributed by atoms with E-state index in [2.05, 4.69) is 10.6 Å². The van der Waals surface area contributed by atoms with Crippen LogP contribution in [-0.4, -0.2) is 52.5 Å². The number of ether oxygens (including phenoxy) is 2. The molecule has 1 aromatic rings. The zero-order valence-corrected chi connectivity index (χ0v) is 21.8. The molecule has 0 radical (unpaired) electrons. The van der Waals surface area contributed by atoms with Crippen molar-refractivity contribution in [2.45, 2.75) is 77.7 Å². The van der Waals surface area contributed by atoms with Gasteiger partial charge in [0.15, 0.2) is 23.3 Å². The van der Waals surface area contributed by atoms with Crippen LogP contribution in [0.4, 0.5) is 17.6 Å². The standard InChI is InChI=1S/C23H32F4N2O4S2/c1-5-32-12(3)9-17(34)28-16(7-8-19(30)31)23(29-18(35)10-13(4)33-6-2)20-21(26)14(24)11-15(25)22(20)27/h11-13,16,23H,5-10H2,1-4H3,(H,28,34)(H,29,35)(H,30,31). The van der Waals surface area contributed by atoms with Crippen molar-refractivity contribution >= 4 is 40.4 Å². The predicted octanol–water partition coefficient (Wildman–Crippen LogP) is 4.98. The first-order chi connectivity index (χ1) is 16.4. The van der Waals surface area contributed by atoms with Crippen molar-refractivity contribution in [1.82, 2.24) is 10.6 Å². The summed E-state index contributed by atoms with van der Waals surface area (Å²) in [4.78, 5) is 11.6. The van der Waals surface area contributed by atoms with E-state index in [0.717, 1.165) is 0 Å². The van der Waals surface area contributed by atoms with Crippen molar-refractivity contribution in [3.05, 3.63) is 34.9 Å². The number of nitrogens with one attached hydrogen (secondary N) is 2. The Kier molecular flexibility index (Phi) is 13.6. The Balaban J connectivity index is 3.44. The van der Waals surface area contributed by atoms with Crippen LogP contribution in [0.3, 0.4) is 0 Å². The minimum Gasteiger partial charge on any atom is -0.481 e. The van der Waals surface area contributed by atoms with E-state index in [0.29, 0.717) is 13.2 Å². The molecule has 0 saturated heterocycles. The lowest BCUT2D eigenvalue weighted by Crippen LogP contribution is -2.47. The zero-order chi connectivity index (χ0) is 26.7. The first kappa shape index (κ1) is 31.1. The number of aliphatic carboxylic acids is 1. The van der Waals surface area contributed by atoms with Gasteiger partial charge >= 0.3 is 5.97 Å². The quantitative estimate of drug-likeness (QED) is 0.163. The molecule has 35 heavy (non-hydrogen) atoms. The summed E-state index contributed by atoms with van der Waals surface area (Å²) in [7, 11) is 0. The van der Waals surface area contributed by atoms with Crippen molar-refractivity contribution in [3.63, 3.8) is 0 Å². The van der Waals surface area contributed by atoms with Gasteiger partial charge in [0.05, 0.1) is 39.8 Å². The molecule has 4 unspecified atom stereocenters. The van der Waals surface area contributed by atoms with Crippen molar-refractivity contribution < 1.29 is 36.9 Å². The average Bonchev–Trinajstić information content (AvgIpc) is 2.74. The first-order valence-electron chi connectivity index (χ1n) is 11.3. The van der Waals surface area contributed by atoms with Gasteiger partial charge in [0.2, 0.25) is 0 Å². The Morgan fingerprint density at radius 2 is 1.40 bits per heavy atom. The largest absolute Gasteiger partial charge is 0.481 e. The van der Waals surface area contributed by atoms with Crippen LogP contribution < -0.4 is 10.6 Å². The first-order valence-corrected chi connectivity index (χ1v) is 12.1. The fourth-order valence-corrected chi connectivity index (χ4v) is 4.29. The van der Waals surface area contributed by atoms with E-state index >= 15 is 0 Å². The molecule has 0 amide bonds. The lowest BCUT2D eigenvalue weighted by atomic mass is 9.93. The molecule has 12 heteroatoms. The number of thiocarbonyl (C=S) groups is 2. The van der Waals surface area contributed by atoms with E-state index in [1.807, 2.05) is 0 Å². The monoisotopic (exact) mass is 540 g/mol. The Morgan fingerprint density at radius 1 is 0.943 bits per heavy atom. The molecule has 0 aliphatic carbocycles. The molecule has 198 valence electrons. The summed E-state index contributed by atoms with van der Waals surface area (Å²) >= 11 is 10.7. The van der Waals surface area contributed by atoms with Crippen LogP contribution in [0.5, 0.6) is 0 Å². The van der Waals surface area contributed by atoms with E-state index in [-0.39, 0.29) is 47.5 Å². The van der Waals surface area contributed by atoms with Crippen molar-refractivity contribution in [1.29, 1.82) is 0 Å². The van der Waals surface area contributed by atoms with Gasteiger partial charge in [-0.15, -0.1) is 0 Å². The summed E-state index contributed by atoms with van der Waals surface area (Å²) in [6.45, 7) is 7.93. The molecular formula is C23H32F4N2O4S2. The van der Waals surface area contributed by atoms with E-state index in [4.69, 9.17) is 33.9 Å². The number of carboxylic acids is 1.